The van der Waals surface area contributed by atoms with Crippen molar-refractivity contribution in [1.82, 2.24) is 0 Å². The topological polar surface area (TPSA) is 37.3 Å². The summed E-state index contributed by atoms with van der Waals surface area (Å²) in [6.07, 6.45) is -27.2. The van der Waals surface area contributed by atoms with Gasteiger partial charge in [0.25, 0.3) is 0 Å². The van der Waals surface area contributed by atoms with Crippen molar-refractivity contribution < 1.29 is 33.2 Å². The summed E-state index contributed by atoms with van der Waals surface area (Å²) in [5.74, 6) is -2.54. The second-order valence-corrected chi connectivity index (χ2v) is 3.86. The number of aliphatic carboxylic acids is 1. The van der Waals surface area contributed by atoms with Gasteiger partial charge in [-0.25, -0.2) is 0 Å². The predicted molar refractivity (Wildman–Crippen MR) is 87.1 cm³/mol. The van der Waals surface area contributed by atoms with E-state index in [1.165, 1.54) is 0 Å². The maximum Gasteiger partial charge on any atom is 0.303 e. The van der Waals surface area contributed by atoms with Crippen molar-refractivity contribution in [3.05, 3.63) is 12.1 Å². The molecule has 0 spiro atoms. The summed E-state index contributed by atoms with van der Waals surface area (Å²) < 4.78 is 134. The first-order valence-electron chi connectivity index (χ1n) is 15.2. The van der Waals surface area contributed by atoms with Gasteiger partial charge in [-0.2, -0.15) is 0 Å². The highest BCUT2D eigenvalue weighted by atomic mass is 16.4. The molecular weight excluding hydrogens is 248 g/mol. The van der Waals surface area contributed by atoms with E-state index >= 15 is 0 Å². The molecule has 0 aliphatic rings. The lowest BCUT2D eigenvalue weighted by atomic mass is 10.1. The Hall–Kier alpha value is -0.790. The van der Waals surface area contributed by atoms with Crippen molar-refractivity contribution in [2.75, 3.05) is 0 Å². The minimum Gasteiger partial charge on any atom is -0.481 e. The molecule has 0 aromatic heterocycles. The molecule has 0 fully saturated rings. The maximum atomic E-state index is 11.2. The first kappa shape index (κ1) is 5.14. The van der Waals surface area contributed by atoms with Crippen LogP contribution in [-0.4, -0.2) is 11.1 Å². The van der Waals surface area contributed by atoms with E-state index in [2.05, 4.69) is 0 Å². The molecule has 0 saturated carbocycles. The summed E-state index contributed by atoms with van der Waals surface area (Å²) in [4.78, 5) is 11.2. The second-order valence-electron chi connectivity index (χ2n) is 3.86. The first-order valence-corrected chi connectivity index (χ1v) is 6.58. The summed E-state index contributed by atoms with van der Waals surface area (Å²) in [5, 5.41) is 8.99. The van der Waals surface area contributed by atoms with E-state index in [1.54, 1.807) is 0 Å². The molecule has 1 N–H and O–H groups in total. The molecule has 2 nitrogen and oxygen atoms in total. The fraction of sp³-hybridized carbons (Fsp3) is 0.833. The van der Waals surface area contributed by atoms with Crippen molar-refractivity contribution in [3.63, 3.8) is 0 Å². The number of hydrogen-bond acceptors (Lipinski definition) is 1. The fourth-order valence-electron chi connectivity index (χ4n) is 1.25. The summed E-state index contributed by atoms with van der Waals surface area (Å²) in [6, 6.07) is -2.49. The first-order chi connectivity index (χ1) is 16.2. The average molecular weight is 300 g/mol. The van der Waals surface area contributed by atoms with Crippen LogP contribution in [0.5, 0.6) is 0 Å². The number of unbranched alkanes of at least 4 members (excludes halogenated alkanes) is 4. The number of carbonyl (C=O) groups is 1. The monoisotopic (exact) mass is 299 g/mol. The van der Waals surface area contributed by atoms with Gasteiger partial charge in [0.2, 0.25) is 0 Å². The molecule has 0 aliphatic heterocycles. The smallest absolute Gasteiger partial charge is 0.303 e. The Bertz CT molecular complexity index is 834. The molecule has 0 rings (SSSR count). The highest BCUT2D eigenvalue weighted by Crippen LogP contribution is 2.09. The van der Waals surface area contributed by atoms with Crippen LogP contribution in [0.25, 0.3) is 0 Å². The van der Waals surface area contributed by atoms with Crippen molar-refractivity contribution >= 4 is 5.97 Å². The molecule has 0 saturated heterocycles. The molecule has 0 bridgehead atoms. The van der Waals surface area contributed by atoms with Gasteiger partial charge in [-0.05, 0) is 31.9 Å². The number of allylic oxidation sites excluding steroid dienone is 2. The van der Waals surface area contributed by atoms with Gasteiger partial charge in [0.1, 0.15) is 0 Å². The van der Waals surface area contributed by atoms with E-state index in [9.17, 15) is 4.79 Å². The molecule has 0 amide bonds. The lowest BCUT2D eigenvalue weighted by Crippen LogP contribution is -1.93. The summed E-state index contributed by atoms with van der Waals surface area (Å²) in [6.45, 7) is 1.99. The minimum atomic E-state index is -4.43. The number of carboxylic acids is 1. The molecule has 0 aromatic rings. The summed E-state index contributed by atoms with van der Waals surface area (Å²) in [5.41, 5.74) is 0. The molecule has 2 heteroatoms. The van der Waals surface area contributed by atoms with Crippen LogP contribution in [0.2, 0.25) is 0 Å². The third-order valence-corrected chi connectivity index (χ3v) is 2.17. The van der Waals surface area contributed by atoms with Crippen LogP contribution >= 0.6 is 0 Å². The molecule has 0 radical (unpaired) electrons. The normalized spacial score (nSPS) is 31.4. The predicted octanol–water partition coefficient (Wildman–Crippen LogP) is 6.11. The van der Waals surface area contributed by atoms with Gasteiger partial charge in [0.05, 0.1) is 2.74 Å². The van der Waals surface area contributed by atoms with E-state index in [1.807, 2.05) is 6.92 Å². The van der Waals surface area contributed by atoms with Crippen molar-refractivity contribution in [1.29, 1.82) is 0 Å². The Morgan fingerprint density at radius 1 is 1.00 bits per heavy atom. The van der Waals surface area contributed by atoms with Gasteiger partial charge in [-0.1, -0.05) is 70.3 Å². The van der Waals surface area contributed by atoms with Crippen LogP contribution in [0.15, 0.2) is 12.1 Å². The SMILES string of the molecule is [2H]/C(=C(/[2H])C([2H])([2H])C([2H])([2H])C([2H])([2H])C([2H])([2H])C([2H])([2H])C([2H])([2H])C([2H])([2H])C(=O)O)C([2H])CCCCCCC. The van der Waals surface area contributed by atoms with E-state index < -0.39 is 69.1 Å². The molecule has 20 heavy (non-hydrogen) atoms. The average Bonchev–Trinajstić information content (AvgIpc) is 2.76. The van der Waals surface area contributed by atoms with Crippen molar-refractivity contribution in [3.8, 4) is 0 Å². The minimum absolute atomic E-state index is 0.0186. The largest absolute Gasteiger partial charge is 0.481 e. The molecule has 1 atom stereocenters. The number of carboxylic acid groups (broad SMARTS) is 1. The highest BCUT2D eigenvalue weighted by molar-refractivity contribution is 5.66. The van der Waals surface area contributed by atoms with Crippen molar-refractivity contribution in [2.45, 2.75) is 96.5 Å². The Labute approximate surface area is 149 Å². The van der Waals surface area contributed by atoms with Crippen LogP contribution in [0, 0.1) is 0 Å². The molecule has 118 valence electrons. The Kier molecular flexibility index (Phi) is 4.18. The maximum absolute atomic E-state index is 11.2. The van der Waals surface area contributed by atoms with E-state index in [0.29, 0.717) is 12.8 Å². The highest BCUT2D eigenvalue weighted by Gasteiger charge is 1.95. The fourth-order valence-corrected chi connectivity index (χ4v) is 1.25. The molecule has 0 aliphatic carbocycles. The number of hydrogen-bond donors (Lipinski definition) is 1. The number of rotatable bonds is 15. The molecular formula is C18H34O2. The van der Waals surface area contributed by atoms with Gasteiger partial charge in [0, 0.05) is 26.9 Å². The third kappa shape index (κ3) is 17.2. The molecule has 1 unspecified atom stereocenters. The lowest BCUT2D eigenvalue weighted by Gasteiger charge is -1.99. The van der Waals surface area contributed by atoms with E-state index in [4.69, 9.17) is 28.4 Å². The van der Waals surface area contributed by atoms with Gasteiger partial charge in [0.15, 0.2) is 0 Å². The Morgan fingerprint density at radius 3 is 2.40 bits per heavy atom. The van der Waals surface area contributed by atoms with Gasteiger partial charge in [-0.15, -0.1) is 0 Å². The van der Waals surface area contributed by atoms with Gasteiger partial charge in [-0.3, -0.25) is 4.79 Å². The van der Waals surface area contributed by atoms with Crippen LogP contribution in [0.4, 0.5) is 0 Å². The lowest BCUT2D eigenvalue weighted by molar-refractivity contribution is -0.137. The van der Waals surface area contributed by atoms with Crippen LogP contribution in [0.1, 0.15) is 120 Å². The van der Waals surface area contributed by atoms with Gasteiger partial charge >= 0.3 is 5.97 Å². The van der Waals surface area contributed by atoms with Crippen molar-refractivity contribution in [2.24, 2.45) is 0 Å². The van der Waals surface area contributed by atoms with Crippen LogP contribution in [0.3, 0.4) is 0 Å². The molecule has 0 aromatic carbocycles. The Balaban J connectivity index is 6.49. The zero-order chi connectivity index (χ0) is 30.1. The summed E-state index contributed by atoms with van der Waals surface area (Å²) in [7, 11) is 0. The zero-order valence-electron chi connectivity index (χ0n) is 28.7. The second kappa shape index (κ2) is 16.3. The van der Waals surface area contributed by atoms with Crippen LogP contribution in [-0.2, 0) is 4.79 Å². The molecule has 0 heterocycles. The standard InChI is InChI=1S/C18H34O2/c1-2-3-4-5-6-7-8-9-10-11-12-13-14-15-16-17-18(19)20/h9-10H,2-8,11-17H2,1H3,(H,19,20)/b10-9+/i8D,9D,10D,11D2,12D2,13D2,14D2,15D2,16D2,17D2. The summed E-state index contributed by atoms with van der Waals surface area (Å²) >= 11 is 0. The zero-order valence-corrected chi connectivity index (χ0v) is 11.7. The van der Waals surface area contributed by atoms with Gasteiger partial charge < -0.3 is 5.11 Å². The van der Waals surface area contributed by atoms with E-state index in [-0.39, 0.29) is 6.42 Å². The Morgan fingerprint density at radius 2 is 1.65 bits per heavy atom. The van der Waals surface area contributed by atoms with Crippen LogP contribution < -0.4 is 0 Å². The van der Waals surface area contributed by atoms with E-state index in [0.717, 1.165) is 19.3 Å². The third-order valence-electron chi connectivity index (χ3n) is 2.17. The quantitative estimate of drug-likeness (QED) is 0.292.